The van der Waals surface area contributed by atoms with Crippen LogP contribution in [0.15, 0.2) is 0 Å². The highest BCUT2D eigenvalue weighted by Gasteiger charge is 2.40. The Bertz CT molecular complexity index is 406. The van der Waals surface area contributed by atoms with Crippen molar-refractivity contribution in [2.75, 3.05) is 13.1 Å². The Balaban J connectivity index is 1.69. The minimum Gasteiger partial charge on any atom is -0.389 e. The highest BCUT2D eigenvalue weighted by molar-refractivity contribution is 4.99. The summed E-state index contributed by atoms with van der Waals surface area (Å²) < 4.78 is 0. The van der Waals surface area contributed by atoms with E-state index in [-0.39, 0.29) is 0 Å². The molecule has 2 atom stereocenters. The third-order valence-corrected chi connectivity index (χ3v) is 4.02. The lowest BCUT2D eigenvalue weighted by molar-refractivity contribution is -0.0367. The lowest BCUT2D eigenvalue weighted by Gasteiger charge is -2.40. The summed E-state index contributed by atoms with van der Waals surface area (Å²) in [6.07, 6.45) is 4.69. The van der Waals surface area contributed by atoms with Crippen LogP contribution in [0.3, 0.4) is 0 Å². The fourth-order valence-electron chi connectivity index (χ4n) is 3.16. The standard InChI is InChI=1S/C11H19N5O/c1-15-13-10(12-14-15)8-11(17)4-6-16-5-2-3-9(16)7-11/h9,17H,2-8H2,1H3. The Morgan fingerprint density at radius 3 is 3.12 bits per heavy atom. The lowest BCUT2D eigenvalue weighted by Crippen LogP contribution is -2.48. The molecule has 0 aliphatic carbocycles. The summed E-state index contributed by atoms with van der Waals surface area (Å²) in [6.45, 7) is 2.20. The Labute approximate surface area is 101 Å². The van der Waals surface area contributed by atoms with Crippen molar-refractivity contribution in [3.05, 3.63) is 5.82 Å². The van der Waals surface area contributed by atoms with Gasteiger partial charge in [0.2, 0.25) is 0 Å². The first kappa shape index (κ1) is 11.1. The predicted octanol–water partition coefficient (Wildman–Crippen LogP) is -0.258. The molecule has 17 heavy (non-hydrogen) atoms. The van der Waals surface area contributed by atoms with Crippen LogP contribution < -0.4 is 0 Å². The fraction of sp³-hybridized carbons (Fsp3) is 0.909. The molecular weight excluding hydrogens is 218 g/mol. The summed E-state index contributed by atoms with van der Waals surface area (Å²) in [4.78, 5) is 3.95. The Morgan fingerprint density at radius 2 is 2.35 bits per heavy atom. The molecule has 2 aliphatic heterocycles. The molecule has 3 rings (SSSR count). The van der Waals surface area contributed by atoms with Gasteiger partial charge in [-0.3, -0.25) is 0 Å². The molecule has 1 aromatic heterocycles. The van der Waals surface area contributed by atoms with E-state index in [1.807, 2.05) is 0 Å². The zero-order valence-electron chi connectivity index (χ0n) is 10.2. The molecule has 0 saturated carbocycles. The summed E-state index contributed by atoms with van der Waals surface area (Å²) in [5.74, 6) is 0.654. The zero-order chi connectivity index (χ0) is 11.9. The van der Waals surface area contributed by atoms with Crippen LogP contribution in [0.4, 0.5) is 0 Å². The minimum atomic E-state index is -0.630. The van der Waals surface area contributed by atoms with Gasteiger partial charge in [0.05, 0.1) is 12.6 Å². The maximum atomic E-state index is 10.6. The first-order chi connectivity index (χ1) is 8.15. The molecule has 0 radical (unpaired) electrons. The van der Waals surface area contributed by atoms with E-state index < -0.39 is 5.60 Å². The van der Waals surface area contributed by atoms with Crippen molar-refractivity contribution in [1.82, 2.24) is 25.1 Å². The Morgan fingerprint density at radius 1 is 1.47 bits per heavy atom. The van der Waals surface area contributed by atoms with Crippen LogP contribution in [-0.4, -0.2) is 54.9 Å². The number of rotatable bonds is 2. The number of tetrazole rings is 1. The number of hydrogen-bond acceptors (Lipinski definition) is 5. The quantitative estimate of drug-likeness (QED) is 0.767. The van der Waals surface area contributed by atoms with Crippen LogP contribution in [0.25, 0.3) is 0 Å². The van der Waals surface area contributed by atoms with Crippen molar-refractivity contribution in [3.8, 4) is 0 Å². The van der Waals surface area contributed by atoms with Crippen LogP contribution in [0.1, 0.15) is 31.5 Å². The second-order valence-electron chi connectivity index (χ2n) is 5.38. The zero-order valence-corrected chi connectivity index (χ0v) is 10.2. The van der Waals surface area contributed by atoms with Gasteiger partial charge in [-0.05, 0) is 37.4 Å². The van der Waals surface area contributed by atoms with Crippen molar-refractivity contribution < 1.29 is 5.11 Å². The highest BCUT2D eigenvalue weighted by atomic mass is 16.3. The van der Waals surface area contributed by atoms with Crippen molar-refractivity contribution >= 4 is 0 Å². The van der Waals surface area contributed by atoms with E-state index in [0.717, 1.165) is 19.4 Å². The maximum Gasteiger partial charge on any atom is 0.177 e. The summed E-state index contributed by atoms with van der Waals surface area (Å²) >= 11 is 0. The smallest absolute Gasteiger partial charge is 0.177 e. The summed E-state index contributed by atoms with van der Waals surface area (Å²) in [6, 6.07) is 0.561. The van der Waals surface area contributed by atoms with Crippen LogP contribution in [-0.2, 0) is 13.5 Å². The molecule has 2 unspecified atom stereocenters. The van der Waals surface area contributed by atoms with Gasteiger partial charge in [-0.2, -0.15) is 4.80 Å². The van der Waals surface area contributed by atoms with Crippen molar-refractivity contribution in [2.24, 2.45) is 7.05 Å². The van der Waals surface area contributed by atoms with Crippen LogP contribution >= 0.6 is 0 Å². The van der Waals surface area contributed by atoms with Gasteiger partial charge >= 0.3 is 0 Å². The molecule has 0 bridgehead atoms. The normalized spacial score (nSPS) is 33.9. The van der Waals surface area contributed by atoms with Gasteiger partial charge < -0.3 is 10.0 Å². The van der Waals surface area contributed by atoms with Gasteiger partial charge in [0.15, 0.2) is 5.82 Å². The molecule has 0 aromatic carbocycles. The van der Waals surface area contributed by atoms with Gasteiger partial charge in [-0.25, -0.2) is 0 Å². The number of fused-ring (bicyclic) bond motifs is 1. The highest BCUT2D eigenvalue weighted by Crippen LogP contribution is 2.34. The molecule has 6 heteroatoms. The summed E-state index contributed by atoms with van der Waals surface area (Å²) in [5, 5.41) is 22.6. The van der Waals surface area contributed by atoms with Gasteiger partial charge in [-0.1, -0.05) is 0 Å². The molecule has 1 N–H and O–H groups in total. The third kappa shape index (κ3) is 2.19. The molecule has 2 fully saturated rings. The molecule has 0 amide bonds. The molecule has 3 heterocycles. The number of hydrogen-bond donors (Lipinski definition) is 1. The Kier molecular flexibility index (Phi) is 2.63. The predicted molar refractivity (Wildman–Crippen MR) is 61.3 cm³/mol. The van der Waals surface area contributed by atoms with E-state index in [1.165, 1.54) is 24.2 Å². The monoisotopic (exact) mass is 237 g/mol. The van der Waals surface area contributed by atoms with E-state index in [4.69, 9.17) is 0 Å². The van der Waals surface area contributed by atoms with Crippen molar-refractivity contribution in [3.63, 3.8) is 0 Å². The lowest BCUT2D eigenvalue weighted by atomic mass is 9.84. The number of nitrogens with zero attached hydrogens (tertiary/aromatic N) is 5. The van der Waals surface area contributed by atoms with E-state index in [1.54, 1.807) is 7.05 Å². The minimum absolute atomic E-state index is 0.533. The fourth-order valence-corrected chi connectivity index (χ4v) is 3.16. The maximum absolute atomic E-state index is 10.6. The molecule has 6 nitrogen and oxygen atoms in total. The first-order valence-corrected chi connectivity index (χ1v) is 6.34. The van der Waals surface area contributed by atoms with E-state index >= 15 is 0 Å². The molecule has 1 aromatic rings. The molecule has 2 aliphatic rings. The van der Waals surface area contributed by atoms with Crippen LogP contribution in [0, 0.1) is 0 Å². The van der Waals surface area contributed by atoms with E-state index in [0.29, 0.717) is 18.3 Å². The van der Waals surface area contributed by atoms with Crippen molar-refractivity contribution in [1.29, 1.82) is 0 Å². The largest absolute Gasteiger partial charge is 0.389 e. The van der Waals surface area contributed by atoms with Gasteiger partial charge in [0, 0.05) is 19.0 Å². The summed E-state index contributed by atoms with van der Waals surface area (Å²) in [5.41, 5.74) is -0.630. The Hall–Kier alpha value is -1.01. The average Bonchev–Trinajstić information content (AvgIpc) is 2.86. The SMILES string of the molecule is Cn1nnc(CC2(O)CCN3CCCC3C2)n1. The molecule has 94 valence electrons. The molecule has 0 spiro atoms. The van der Waals surface area contributed by atoms with Gasteiger partial charge in [-0.15, -0.1) is 10.2 Å². The summed E-state index contributed by atoms with van der Waals surface area (Å²) in [7, 11) is 1.75. The van der Waals surface area contributed by atoms with E-state index in [9.17, 15) is 5.11 Å². The van der Waals surface area contributed by atoms with E-state index in [2.05, 4.69) is 20.3 Å². The number of piperidine rings is 1. The molecule has 2 saturated heterocycles. The van der Waals surface area contributed by atoms with Gasteiger partial charge in [0.25, 0.3) is 0 Å². The number of aliphatic hydroxyl groups is 1. The first-order valence-electron chi connectivity index (χ1n) is 6.34. The van der Waals surface area contributed by atoms with Crippen LogP contribution in [0.2, 0.25) is 0 Å². The second kappa shape index (κ2) is 4.03. The van der Waals surface area contributed by atoms with Gasteiger partial charge in [0.1, 0.15) is 0 Å². The van der Waals surface area contributed by atoms with Crippen LogP contribution in [0.5, 0.6) is 0 Å². The molecular formula is C11H19N5O. The second-order valence-corrected chi connectivity index (χ2v) is 5.38. The third-order valence-electron chi connectivity index (χ3n) is 4.02. The number of aryl methyl sites for hydroxylation is 1. The van der Waals surface area contributed by atoms with Crippen molar-refractivity contribution in [2.45, 2.75) is 43.7 Å². The number of aromatic nitrogens is 4. The topological polar surface area (TPSA) is 67.1 Å². The average molecular weight is 237 g/mol.